The monoisotopic (exact) mass is 747 g/mol. The summed E-state index contributed by atoms with van der Waals surface area (Å²) >= 11 is 0. The molecule has 0 bridgehead atoms. The maximum absolute atomic E-state index is 13.2. The van der Waals surface area contributed by atoms with Gasteiger partial charge < -0.3 is 20.0 Å². The smallest absolute Gasteiger partial charge is 0.370 e. The summed E-state index contributed by atoms with van der Waals surface area (Å²) in [6.45, 7) is 3.08. The van der Waals surface area contributed by atoms with Gasteiger partial charge in [0.15, 0.2) is 0 Å². The van der Waals surface area contributed by atoms with E-state index in [0.29, 0.717) is 22.5 Å². The van der Waals surface area contributed by atoms with Gasteiger partial charge >= 0.3 is 12.4 Å². The van der Waals surface area contributed by atoms with Crippen LogP contribution in [0.5, 0.6) is 0 Å². The Morgan fingerprint density at radius 2 is 1.11 bits per heavy atom. The van der Waals surface area contributed by atoms with Gasteiger partial charge in [-0.05, 0) is 99.2 Å². The first-order valence-corrected chi connectivity index (χ1v) is 16.9. The minimum absolute atomic E-state index is 0.179. The van der Waals surface area contributed by atoms with Gasteiger partial charge in [0, 0.05) is 69.1 Å². The number of carbonyl (C=O) groups is 2. The molecule has 6 rings (SSSR count). The van der Waals surface area contributed by atoms with Crippen molar-refractivity contribution < 1.29 is 41.7 Å². The Morgan fingerprint density at radius 1 is 0.679 bits per heavy atom. The van der Waals surface area contributed by atoms with Crippen LogP contribution in [0.1, 0.15) is 71.7 Å². The second-order valence-corrected chi connectivity index (χ2v) is 12.3. The van der Waals surface area contributed by atoms with Gasteiger partial charge in [-0.25, -0.2) is 0 Å². The molecule has 0 unspecified atom stereocenters. The molecule has 284 valence electrons. The Morgan fingerprint density at radius 3 is 1.60 bits per heavy atom. The minimum Gasteiger partial charge on any atom is -0.370 e. The summed E-state index contributed by atoms with van der Waals surface area (Å²) in [4.78, 5) is 38.2. The summed E-state index contributed by atoms with van der Waals surface area (Å²) in [5.74, 6) is -0.829. The number of piperidine rings is 2. The van der Waals surface area contributed by atoms with Crippen LogP contribution in [0.25, 0.3) is 0 Å². The number of benzene rings is 2. The van der Waals surface area contributed by atoms with E-state index in [-0.39, 0.29) is 17.3 Å². The summed E-state index contributed by atoms with van der Waals surface area (Å²) in [7, 11) is 0.506. The fourth-order valence-electron chi connectivity index (χ4n) is 6.09. The molecule has 0 atom stereocenters. The van der Waals surface area contributed by atoms with E-state index in [1.165, 1.54) is 61.0 Å². The number of rotatable bonds is 6. The zero-order chi connectivity index (χ0) is 39.3. The molecule has 2 aliphatic heterocycles. The summed E-state index contributed by atoms with van der Waals surface area (Å²) in [6.07, 6.45) is 3.14. The number of amides is 2. The van der Waals surface area contributed by atoms with E-state index in [1.807, 2.05) is 4.90 Å². The zero-order valence-electron chi connectivity index (χ0n) is 30.1. The second kappa shape index (κ2) is 18.5. The molecule has 0 aliphatic carbocycles. The van der Waals surface area contributed by atoms with Crippen LogP contribution >= 0.6 is 0 Å². The molecule has 4 aromatic rings. The standard InChI is InChI=1S/C19H20F3N3O.C18H18F3N3O.CH3F/c1-24(18(26)14-7-9-23-10-8-14)17-13-15(19(20,21)22)5-6-16(17)25-11-3-2-4-12-25;19-18(20,21)14-4-5-16(24-10-2-1-3-11-24)15(12-14)23-17(25)13-6-8-22-9-7-13;1-2/h5-10,13H,2-4,11-12H2,1H3;4-9,12H,1-3,10-11H2,(H,23,25);1H3/i;;1D. The molecule has 2 aliphatic rings. The number of nitrogens with zero attached hydrogens (tertiary/aromatic N) is 5. The predicted molar refractivity (Wildman–Crippen MR) is 191 cm³/mol. The van der Waals surface area contributed by atoms with E-state index >= 15 is 0 Å². The minimum atomic E-state index is -4.46. The number of hydrogen-bond donors (Lipinski definition) is 1. The number of nitrogens with one attached hydrogen (secondary N) is 1. The van der Waals surface area contributed by atoms with Crippen molar-refractivity contribution in [1.82, 2.24) is 9.97 Å². The molecule has 2 aromatic carbocycles. The molecular formula is C38H41F7N6O2. The highest BCUT2D eigenvalue weighted by atomic mass is 19.4. The fraction of sp³-hybridized carbons (Fsp3) is 0.368. The zero-order valence-corrected chi connectivity index (χ0v) is 29.1. The molecule has 2 saturated heterocycles. The van der Waals surface area contributed by atoms with Gasteiger partial charge in [-0.3, -0.25) is 23.9 Å². The lowest BCUT2D eigenvalue weighted by Gasteiger charge is -2.33. The topological polar surface area (TPSA) is 81.7 Å². The normalized spacial score (nSPS) is 14.8. The molecule has 53 heavy (non-hydrogen) atoms. The highest BCUT2D eigenvalue weighted by Crippen LogP contribution is 2.39. The van der Waals surface area contributed by atoms with E-state index < -0.39 is 36.5 Å². The van der Waals surface area contributed by atoms with Crippen LogP contribution in [0.3, 0.4) is 0 Å². The van der Waals surface area contributed by atoms with Crippen LogP contribution in [-0.4, -0.2) is 62.2 Å². The number of alkyl halides is 7. The number of halogens is 7. The van der Waals surface area contributed by atoms with Gasteiger partial charge in [0.25, 0.3) is 11.8 Å². The summed E-state index contributed by atoms with van der Waals surface area (Å²) in [5, 5.41) is 2.63. The van der Waals surface area contributed by atoms with Crippen molar-refractivity contribution in [3.05, 3.63) is 108 Å². The molecule has 15 heteroatoms. The number of anilines is 4. The van der Waals surface area contributed by atoms with Crippen LogP contribution < -0.4 is 20.0 Å². The van der Waals surface area contributed by atoms with Crippen LogP contribution in [0.4, 0.5) is 53.5 Å². The maximum atomic E-state index is 13.2. The molecule has 0 spiro atoms. The van der Waals surface area contributed by atoms with Crippen molar-refractivity contribution >= 4 is 34.6 Å². The highest BCUT2D eigenvalue weighted by Gasteiger charge is 2.33. The Kier molecular flexibility index (Phi) is 13.6. The van der Waals surface area contributed by atoms with E-state index in [2.05, 4.69) is 20.2 Å². The molecule has 0 radical (unpaired) electrons. The first kappa shape index (κ1) is 39.0. The largest absolute Gasteiger partial charge is 0.416 e. The van der Waals surface area contributed by atoms with Crippen LogP contribution in [0, 0.1) is 0 Å². The Balaban J connectivity index is 0.000000225. The molecule has 0 saturated carbocycles. The Bertz CT molecular complexity index is 1800. The van der Waals surface area contributed by atoms with E-state index in [4.69, 9.17) is 1.37 Å². The summed E-state index contributed by atoms with van der Waals surface area (Å²) in [6, 6.07) is 13.2. The molecule has 2 amide bonds. The highest BCUT2D eigenvalue weighted by molar-refractivity contribution is 6.07. The van der Waals surface area contributed by atoms with Gasteiger partial charge in [0.2, 0.25) is 0 Å². The quantitative estimate of drug-likeness (QED) is 0.198. The van der Waals surface area contributed by atoms with E-state index in [0.717, 1.165) is 89.0 Å². The SMILES string of the molecule is CN(C(=O)c1ccncc1)c1cc(C(F)(F)F)ccc1N1CCCCC1.O=C(Nc1cc(C(F)(F)F)ccc1N1CCCCC1)c1ccncc1.[2H]CF. The molecule has 8 nitrogen and oxygen atoms in total. The van der Waals surface area contributed by atoms with E-state index in [9.17, 15) is 40.3 Å². The van der Waals surface area contributed by atoms with Gasteiger partial charge in [-0.15, -0.1) is 0 Å². The van der Waals surface area contributed by atoms with Crippen LogP contribution in [-0.2, 0) is 12.4 Å². The number of hydrogen-bond acceptors (Lipinski definition) is 6. The molecule has 4 heterocycles. The van der Waals surface area contributed by atoms with Gasteiger partial charge in [-0.1, -0.05) is 0 Å². The Hall–Kier alpha value is -5.21. The van der Waals surface area contributed by atoms with Crippen molar-refractivity contribution in [3.8, 4) is 0 Å². The second-order valence-electron chi connectivity index (χ2n) is 12.3. The summed E-state index contributed by atoms with van der Waals surface area (Å²) < 4.78 is 94.3. The van der Waals surface area contributed by atoms with Crippen LogP contribution in [0.2, 0.25) is 0 Å². The Labute approximate surface area is 305 Å². The summed E-state index contributed by atoms with van der Waals surface area (Å²) in [5.41, 5.74) is 0.905. The third-order valence-electron chi connectivity index (χ3n) is 8.80. The fourth-order valence-corrected chi connectivity index (χ4v) is 6.09. The maximum Gasteiger partial charge on any atom is 0.416 e. The molecule has 2 aromatic heterocycles. The van der Waals surface area contributed by atoms with Gasteiger partial charge in [0.1, 0.15) is 0 Å². The lowest BCUT2D eigenvalue weighted by Crippen LogP contribution is -2.33. The first-order valence-electron chi connectivity index (χ1n) is 17.6. The average molecular weight is 748 g/mol. The molecule has 1 N–H and O–H groups in total. The van der Waals surface area contributed by atoms with Crippen LogP contribution in [0.15, 0.2) is 85.5 Å². The van der Waals surface area contributed by atoms with Gasteiger partial charge in [0.05, 0.1) is 42.4 Å². The predicted octanol–water partition coefficient (Wildman–Crippen LogP) is 9.30. The average Bonchev–Trinajstić information content (AvgIpc) is 3.18. The van der Waals surface area contributed by atoms with Crippen molar-refractivity contribution in [3.63, 3.8) is 0 Å². The number of carbonyl (C=O) groups excluding carboxylic acids is 2. The van der Waals surface area contributed by atoms with E-state index in [1.54, 1.807) is 12.1 Å². The van der Waals surface area contributed by atoms with Crippen molar-refractivity contribution in [2.75, 3.05) is 60.4 Å². The third kappa shape index (κ3) is 10.9. The third-order valence-corrected chi connectivity index (χ3v) is 8.80. The van der Waals surface area contributed by atoms with Gasteiger partial charge in [-0.2, -0.15) is 26.3 Å². The van der Waals surface area contributed by atoms with Crippen molar-refractivity contribution in [2.45, 2.75) is 50.9 Å². The first-order chi connectivity index (χ1) is 25.7. The lowest BCUT2D eigenvalue weighted by molar-refractivity contribution is -0.138. The molecular weight excluding hydrogens is 705 g/mol. The number of pyridine rings is 2. The number of aromatic nitrogens is 2. The lowest BCUT2D eigenvalue weighted by atomic mass is 10.1. The van der Waals surface area contributed by atoms with Crippen molar-refractivity contribution in [2.24, 2.45) is 0 Å². The molecule has 2 fully saturated rings. The van der Waals surface area contributed by atoms with Crippen molar-refractivity contribution in [1.29, 1.82) is 0 Å².